The van der Waals surface area contributed by atoms with Crippen molar-refractivity contribution in [3.63, 3.8) is 0 Å². The monoisotopic (exact) mass is 183 g/mol. The van der Waals surface area contributed by atoms with Crippen molar-refractivity contribution in [1.29, 1.82) is 0 Å². The Morgan fingerprint density at radius 3 is 2.62 bits per heavy atom. The minimum absolute atomic E-state index is 0.0700. The van der Waals surface area contributed by atoms with Gasteiger partial charge in [-0.25, -0.2) is 0 Å². The number of aryl methyl sites for hydroxylation is 1. The predicted molar refractivity (Wildman–Crippen MR) is 47.6 cm³/mol. The molecule has 0 aliphatic heterocycles. The van der Waals surface area contributed by atoms with Gasteiger partial charge in [0.25, 0.3) is 0 Å². The van der Waals surface area contributed by atoms with Gasteiger partial charge in [-0.15, -0.1) is 0 Å². The van der Waals surface area contributed by atoms with Crippen LogP contribution in [0.25, 0.3) is 0 Å². The van der Waals surface area contributed by atoms with E-state index >= 15 is 0 Å². The zero-order chi connectivity index (χ0) is 9.84. The molecule has 4 heteroatoms. The fourth-order valence-corrected chi connectivity index (χ4v) is 1.16. The minimum Gasteiger partial charge on any atom is -0.508 e. The molecule has 13 heavy (non-hydrogen) atoms. The number of hydrogen-bond acceptors (Lipinski definition) is 4. The summed E-state index contributed by atoms with van der Waals surface area (Å²) in [6.07, 6.45) is 0. The molecule has 0 bridgehead atoms. The van der Waals surface area contributed by atoms with E-state index in [1.165, 1.54) is 0 Å². The summed E-state index contributed by atoms with van der Waals surface area (Å²) < 4.78 is 0. The third kappa shape index (κ3) is 2.18. The quantitative estimate of drug-likeness (QED) is 0.521. The molecule has 0 aliphatic carbocycles. The van der Waals surface area contributed by atoms with Gasteiger partial charge in [-0.1, -0.05) is 12.1 Å². The molecule has 0 radical (unpaired) electrons. The van der Waals surface area contributed by atoms with Crippen LogP contribution < -0.4 is 5.48 Å². The first kappa shape index (κ1) is 9.98. The van der Waals surface area contributed by atoms with E-state index in [-0.39, 0.29) is 12.4 Å². The highest BCUT2D eigenvalue weighted by atomic mass is 16.5. The summed E-state index contributed by atoms with van der Waals surface area (Å²) in [6.45, 7) is 1.58. The highest BCUT2D eigenvalue weighted by molar-refractivity contribution is 5.37. The Bertz CT molecular complexity index is 284. The van der Waals surface area contributed by atoms with Crippen LogP contribution in [0, 0.1) is 6.92 Å². The molecule has 0 amide bonds. The first-order valence-electron chi connectivity index (χ1n) is 3.99. The van der Waals surface area contributed by atoms with Crippen molar-refractivity contribution in [2.45, 2.75) is 13.0 Å². The SMILES string of the molecule is Cc1ccc([C@@H](CO)NO)c(O)c1. The fraction of sp³-hybridized carbons (Fsp3) is 0.333. The number of aliphatic hydroxyl groups is 1. The Labute approximate surface area is 76.4 Å². The summed E-state index contributed by atoms with van der Waals surface area (Å²) in [6, 6.07) is 4.40. The minimum atomic E-state index is -0.638. The maximum absolute atomic E-state index is 9.46. The van der Waals surface area contributed by atoms with Crippen molar-refractivity contribution in [3.8, 4) is 5.75 Å². The lowest BCUT2D eigenvalue weighted by Crippen LogP contribution is -2.20. The van der Waals surface area contributed by atoms with Crippen LogP contribution in [0.1, 0.15) is 17.2 Å². The molecule has 0 saturated carbocycles. The zero-order valence-electron chi connectivity index (χ0n) is 7.36. The third-order valence-corrected chi connectivity index (χ3v) is 1.90. The van der Waals surface area contributed by atoms with Crippen molar-refractivity contribution in [2.24, 2.45) is 0 Å². The van der Waals surface area contributed by atoms with E-state index in [2.05, 4.69) is 0 Å². The number of benzene rings is 1. The topological polar surface area (TPSA) is 72.7 Å². The standard InChI is InChI=1S/C9H13NO3/c1-6-2-3-7(9(12)4-6)8(5-11)10-13/h2-4,8,10-13H,5H2,1H3/t8-/m1/s1. The fourth-order valence-electron chi connectivity index (χ4n) is 1.16. The molecule has 0 heterocycles. The summed E-state index contributed by atoms with van der Waals surface area (Å²) in [4.78, 5) is 0. The Kier molecular flexibility index (Phi) is 3.25. The van der Waals surface area contributed by atoms with Crippen molar-refractivity contribution in [2.75, 3.05) is 6.61 Å². The molecule has 4 N–H and O–H groups in total. The van der Waals surface area contributed by atoms with Crippen LogP contribution in [-0.4, -0.2) is 22.0 Å². The number of aromatic hydroxyl groups is 1. The molecule has 0 unspecified atom stereocenters. The van der Waals surface area contributed by atoms with E-state index in [4.69, 9.17) is 10.3 Å². The van der Waals surface area contributed by atoms with Crippen LogP contribution in [0.3, 0.4) is 0 Å². The molecule has 1 aromatic rings. The van der Waals surface area contributed by atoms with Crippen LogP contribution in [0.2, 0.25) is 0 Å². The van der Waals surface area contributed by atoms with Crippen LogP contribution >= 0.6 is 0 Å². The molecular formula is C9H13NO3. The maximum Gasteiger partial charge on any atom is 0.120 e. The number of hydroxylamine groups is 1. The Hall–Kier alpha value is -1.10. The van der Waals surface area contributed by atoms with Gasteiger partial charge in [0, 0.05) is 5.56 Å². The maximum atomic E-state index is 9.46. The molecular weight excluding hydrogens is 170 g/mol. The summed E-state index contributed by atoms with van der Waals surface area (Å²) in [5, 5.41) is 27.0. The van der Waals surface area contributed by atoms with Gasteiger partial charge < -0.3 is 15.4 Å². The van der Waals surface area contributed by atoms with Crippen molar-refractivity contribution < 1.29 is 15.4 Å². The number of phenols is 1. The highest BCUT2D eigenvalue weighted by Gasteiger charge is 2.12. The van der Waals surface area contributed by atoms with Gasteiger partial charge in [0.1, 0.15) is 5.75 Å². The van der Waals surface area contributed by atoms with Crippen LogP contribution in [-0.2, 0) is 0 Å². The Morgan fingerprint density at radius 1 is 1.46 bits per heavy atom. The zero-order valence-corrected chi connectivity index (χ0v) is 7.36. The second-order valence-electron chi connectivity index (χ2n) is 2.93. The van der Waals surface area contributed by atoms with Gasteiger partial charge in [-0.3, -0.25) is 0 Å². The molecule has 0 spiro atoms. The van der Waals surface area contributed by atoms with Crippen molar-refractivity contribution in [1.82, 2.24) is 5.48 Å². The molecule has 1 aromatic carbocycles. The van der Waals surface area contributed by atoms with Gasteiger partial charge in [0.2, 0.25) is 0 Å². The molecule has 1 rings (SSSR count). The normalized spacial score (nSPS) is 12.8. The molecule has 72 valence electrons. The number of nitrogens with one attached hydrogen (secondary N) is 1. The first-order chi connectivity index (χ1) is 6.19. The second-order valence-corrected chi connectivity index (χ2v) is 2.93. The van der Waals surface area contributed by atoms with E-state index in [1.807, 2.05) is 12.4 Å². The number of phenolic OH excluding ortho intramolecular Hbond substituents is 1. The van der Waals surface area contributed by atoms with E-state index in [9.17, 15) is 5.11 Å². The molecule has 0 saturated heterocycles. The van der Waals surface area contributed by atoms with Crippen LogP contribution in [0.4, 0.5) is 0 Å². The highest BCUT2D eigenvalue weighted by Crippen LogP contribution is 2.24. The predicted octanol–water partition coefficient (Wildman–Crippen LogP) is 0.713. The van der Waals surface area contributed by atoms with E-state index in [0.29, 0.717) is 5.56 Å². The summed E-state index contributed by atoms with van der Waals surface area (Å²) in [5.74, 6) is 0.0700. The van der Waals surface area contributed by atoms with Crippen LogP contribution in [0.5, 0.6) is 5.75 Å². The number of aliphatic hydroxyl groups excluding tert-OH is 1. The summed E-state index contributed by atoms with van der Waals surface area (Å²) in [7, 11) is 0. The lowest BCUT2D eigenvalue weighted by atomic mass is 10.1. The smallest absolute Gasteiger partial charge is 0.120 e. The largest absolute Gasteiger partial charge is 0.508 e. The summed E-state index contributed by atoms with van der Waals surface area (Å²) >= 11 is 0. The van der Waals surface area contributed by atoms with Gasteiger partial charge in [-0.2, -0.15) is 5.48 Å². The molecule has 0 fully saturated rings. The lowest BCUT2D eigenvalue weighted by Gasteiger charge is -2.13. The average molecular weight is 183 g/mol. The van der Waals surface area contributed by atoms with Gasteiger partial charge in [0.05, 0.1) is 12.6 Å². The van der Waals surface area contributed by atoms with Gasteiger partial charge in [0.15, 0.2) is 0 Å². The third-order valence-electron chi connectivity index (χ3n) is 1.90. The second kappa shape index (κ2) is 4.23. The van der Waals surface area contributed by atoms with Crippen molar-refractivity contribution >= 4 is 0 Å². The molecule has 0 aromatic heterocycles. The van der Waals surface area contributed by atoms with E-state index in [0.717, 1.165) is 5.56 Å². The van der Waals surface area contributed by atoms with Crippen molar-refractivity contribution in [3.05, 3.63) is 29.3 Å². The summed E-state index contributed by atoms with van der Waals surface area (Å²) in [5.41, 5.74) is 3.33. The van der Waals surface area contributed by atoms with Crippen LogP contribution in [0.15, 0.2) is 18.2 Å². The van der Waals surface area contributed by atoms with Gasteiger partial charge >= 0.3 is 0 Å². The van der Waals surface area contributed by atoms with E-state index in [1.54, 1.807) is 18.2 Å². The number of rotatable bonds is 3. The first-order valence-corrected chi connectivity index (χ1v) is 3.99. The Morgan fingerprint density at radius 2 is 2.15 bits per heavy atom. The average Bonchev–Trinajstić information content (AvgIpc) is 2.10. The molecule has 1 atom stereocenters. The van der Waals surface area contributed by atoms with E-state index < -0.39 is 6.04 Å². The van der Waals surface area contributed by atoms with Gasteiger partial charge in [-0.05, 0) is 18.6 Å². The molecule has 0 aliphatic rings. The Balaban J connectivity index is 2.99. The lowest BCUT2D eigenvalue weighted by molar-refractivity contribution is 0.0893. The molecule has 4 nitrogen and oxygen atoms in total. The number of hydrogen-bond donors (Lipinski definition) is 4.